The van der Waals surface area contributed by atoms with E-state index in [1.165, 1.54) is 5.56 Å². The number of halogens is 1. The molecule has 1 aliphatic rings. The molecule has 1 saturated heterocycles. The molecule has 4 nitrogen and oxygen atoms in total. The van der Waals surface area contributed by atoms with Crippen LogP contribution in [0.1, 0.15) is 34.8 Å². The molecule has 1 aromatic heterocycles. The molecule has 0 spiro atoms. The molecule has 0 N–H and O–H groups in total. The summed E-state index contributed by atoms with van der Waals surface area (Å²) in [6.45, 7) is 5.38. The van der Waals surface area contributed by atoms with Gasteiger partial charge in [0.1, 0.15) is 0 Å². The molecule has 156 valence electrons. The Bertz CT molecular complexity index is 983. The second-order valence-corrected chi connectivity index (χ2v) is 9.04. The predicted molar refractivity (Wildman–Crippen MR) is 123 cm³/mol. The highest BCUT2D eigenvalue weighted by Gasteiger charge is 2.26. The standard InChI is InChI=1S/C24H26ClN3OS/c1-18(21-9-5-6-10-22(21)25)27-11-13-28(14-12-27)24(29)16-20-17-30-23(26-20)15-19-7-3-2-4-8-19/h2-10,17-18H,11-16H2,1H3. The van der Waals surface area contributed by atoms with Gasteiger partial charge in [-0.05, 0) is 24.1 Å². The lowest BCUT2D eigenvalue weighted by molar-refractivity contribution is -0.132. The van der Waals surface area contributed by atoms with Crippen LogP contribution in [0.25, 0.3) is 0 Å². The Morgan fingerprint density at radius 3 is 2.50 bits per heavy atom. The molecule has 1 atom stereocenters. The van der Waals surface area contributed by atoms with E-state index in [1.807, 2.05) is 46.7 Å². The van der Waals surface area contributed by atoms with Gasteiger partial charge >= 0.3 is 0 Å². The third-order valence-electron chi connectivity index (χ3n) is 5.70. The number of hydrogen-bond acceptors (Lipinski definition) is 4. The molecule has 1 amide bonds. The third-order valence-corrected chi connectivity index (χ3v) is 6.94. The summed E-state index contributed by atoms with van der Waals surface area (Å²) in [6, 6.07) is 18.6. The number of amides is 1. The molecule has 1 fully saturated rings. The highest BCUT2D eigenvalue weighted by Crippen LogP contribution is 2.28. The van der Waals surface area contributed by atoms with Gasteiger partial charge < -0.3 is 4.90 Å². The number of carbonyl (C=O) groups excluding carboxylic acids is 1. The van der Waals surface area contributed by atoms with Crippen molar-refractivity contribution >= 4 is 28.8 Å². The number of rotatable bonds is 6. The number of aromatic nitrogens is 1. The highest BCUT2D eigenvalue weighted by molar-refractivity contribution is 7.09. The Balaban J connectivity index is 1.29. The summed E-state index contributed by atoms with van der Waals surface area (Å²) >= 11 is 8.00. The summed E-state index contributed by atoms with van der Waals surface area (Å²) < 4.78 is 0. The van der Waals surface area contributed by atoms with E-state index < -0.39 is 0 Å². The maximum Gasteiger partial charge on any atom is 0.228 e. The first-order valence-electron chi connectivity index (χ1n) is 10.3. The summed E-state index contributed by atoms with van der Waals surface area (Å²) in [5.74, 6) is 0.164. The first-order chi connectivity index (χ1) is 14.6. The van der Waals surface area contributed by atoms with Gasteiger partial charge in [0.05, 0.1) is 17.1 Å². The molecule has 1 unspecified atom stereocenters. The Kier molecular flexibility index (Phi) is 6.82. The van der Waals surface area contributed by atoms with Crippen LogP contribution in [0.2, 0.25) is 5.02 Å². The monoisotopic (exact) mass is 439 g/mol. The minimum atomic E-state index is 0.164. The zero-order chi connectivity index (χ0) is 20.9. The molecule has 0 saturated carbocycles. The smallest absolute Gasteiger partial charge is 0.228 e. The Morgan fingerprint density at radius 2 is 1.77 bits per heavy atom. The van der Waals surface area contributed by atoms with Gasteiger partial charge in [-0.2, -0.15) is 0 Å². The lowest BCUT2D eigenvalue weighted by Gasteiger charge is -2.38. The van der Waals surface area contributed by atoms with Crippen LogP contribution in [-0.2, 0) is 17.6 Å². The van der Waals surface area contributed by atoms with Crippen molar-refractivity contribution in [2.24, 2.45) is 0 Å². The average Bonchev–Trinajstić information content (AvgIpc) is 3.21. The van der Waals surface area contributed by atoms with Gasteiger partial charge in [0, 0.05) is 49.0 Å². The van der Waals surface area contributed by atoms with Crippen LogP contribution < -0.4 is 0 Å². The van der Waals surface area contributed by atoms with E-state index in [1.54, 1.807) is 11.3 Å². The number of piperazine rings is 1. The fraction of sp³-hybridized carbons (Fsp3) is 0.333. The quantitative estimate of drug-likeness (QED) is 0.551. The normalized spacial score (nSPS) is 15.9. The van der Waals surface area contributed by atoms with Crippen LogP contribution >= 0.6 is 22.9 Å². The van der Waals surface area contributed by atoms with Crippen molar-refractivity contribution in [2.45, 2.75) is 25.8 Å². The van der Waals surface area contributed by atoms with Gasteiger partial charge in [-0.15, -0.1) is 11.3 Å². The lowest BCUT2D eigenvalue weighted by atomic mass is 10.1. The van der Waals surface area contributed by atoms with Gasteiger partial charge in [-0.1, -0.05) is 60.1 Å². The molecule has 0 radical (unpaired) electrons. The van der Waals surface area contributed by atoms with Gasteiger partial charge in [0.15, 0.2) is 0 Å². The van der Waals surface area contributed by atoms with Crippen molar-refractivity contribution in [3.05, 3.63) is 86.8 Å². The first kappa shape index (κ1) is 21.0. The van der Waals surface area contributed by atoms with Crippen LogP contribution in [0.5, 0.6) is 0 Å². The molecule has 3 aromatic rings. The summed E-state index contributed by atoms with van der Waals surface area (Å²) in [6.07, 6.45) is 1.20. The largest absolute Gasteiger partial charge is 0.340 e. The van der Waals surface area contributed by atoms with Crippen LogP contribution in [0, 0.1) is 0 Å². The summed E-state index contributed by atoms with van der Waals surface area (Å²) in [7, 11) is 0. The van der Waals surface area contributed by atoms with Crippen LogP contribution in [0.15, 0.2) is 60.0 Å². The molecule has 0 aliphatic carbocycles. The van der Waals surface area contributed by atoms with Crippen molar-refractivity contribution in [1.82, 2.24) is 14.8 Å². The van der Waals surface area contributed by atoms with E-state index in [0.717, 1.165) is 53.9 Å². The molecular weight excluding hydrogens is 414 g/mol. The van der Waals surface area contributed by atoms with Gasteiger partial charge in [0.2, 0.25) is 5.91 Å². The Labute approximate surface area is 187 Å². The Hall–Kier alpha value is -2.21. The van der Waals surface area contributed by atoms with E-state index in [2.05, 4.69) is 35.0 Å². The van der Waals surface area contributed by atoms with E-state index in [0.29, 0.717) is 6.42 Å². The molecule has 0 bridgehead atoms. The zero-order valence-electron chi connectivity index (χ0n) is 17.1. The van der Waals surface area contributed by atoms with E-state index >= 15 is 0 Å². The van der Waals surface area contributed by atoms with Gasteiger partial charge in [-0.25, -0.2) is 4.98 Å². The molecule has 2 aromatic carbocycles. The number of hydrogen-bond donors (Lipinski definition) is 0. The van der Waals surface area contributed by atoms with Crippen molar-refractivity contribution < 1.29 is 4.79 Å². The van der Waals surface area contributed by atoms with Crippen LogP contribution in [-0.4, -0.2) is 46.9 Å². The lowest BCUT2D eigenvalue weighted by Crippen LogP contribution is -2.49. The summed E-state index contributed by atoms with van der Waals surface area (Å²) in [4.78, 5) is 21.8. The first-order valence-corrected chi connectivity index (χ1v) is 11.6. The molecule has 1 aliphatic heterocycles. The van der Waals surface area contributed by atoms with E-state index in [9.17, 15) is 4.79 Å². The topological polar surface area (TPSA) is 36.4 Å². The van der Waals surface area contributed by atoms with E-state index in [4.69, 9.17) is 11.6 Å². The number of thiazole rings is 1. The molecular formula is C24H26ClN3OS. The van der Waals surface area contributed by atoms with Crippen LogP contribution in [0.4, 0.5) is 0 Å². The Morgan fingerprint density at radius 1 is 1.07 bits per heavy atom. The third kappa shape index (κ3) is 5.09. The predicted octanol–water partition coefficient (Wildman–Crippen LogP) is 4.84. The second-order valence-electron chi connectivity index (χ2n) is 7.69. The fourth-order valence-corrected chi connectivity index (χ4v) is 5.04. The second kappa shape index (κ2) is 9.73. The van der Waals surface area contributed by atoms with Crippen molar-refractivity contribution in [3.63, 3.8) is 0 Å². The molecule has 30 heavy (non-hydrogen) atoms. The maximum atomic E-state index is 12.8. The fourth-order valence-electron chi connectivity index (χ4n) is 3.92. The number of carbonyl (C=O) groups is 1. The van der Waals surface area contributed by atoms with E-state index in [-0.39, 0.29) is 11.9 Å². The SMILES string of the molecule is CC(c1ccccc1Cl)N1CCN(C(=O)Cc2csc(Cc3ccccc3)n2)CC1. The van der Waals surface area contributed by atoms with Crippen molar-refractivity contribution in [2.75, 3.05) is 26.2 Å². The highest BCUT2D eigenvalue weighted by atomic mass is 35.5. The summed E-state index contributed by atoms with van der Waals surface area (Å²) in [5.41, 5.74) is 3.27. The summed E-state index contributed by atoms with van der Waals surface area (Å²) in [5, 5.41) is 3.88. The number of benzene rings is 2. The molecule has 2 heterocycles. The number of nitrogens with zero attached hydrogens (tertiary/aromatic N) is 3. The average molecular weight is 440 g/mol. The zero-order valence-corrected chi connectivity index (χ0v) is 18.7. The minimum Gasteiger partial charge on any atom is -0.340 e. The molecule has 6 heteroatoms. The van der Waals surface area contributed by atoms with Crippen molar-refractivity contribution in [3.8, 4) is 0 Å². The maximum absolute atomic E-state index is 12.8. The van der Waals surface area contributed by atoms with Gasteiger partial charge in [0.25, 0.3) is 0 Å². The van der Waals surface area contributed by atoms with Gasteiger partial charge in [-0.3, -0.25) is 9.69 Å². The molecule has 4 rings (SSSR count). The van der Waals surface area contributed by atoms with Crippen molar-refractivity contribution in [1.29, 1.82) is 0 Å². The van der Waals surface area contributed by atoms with Crippen LogP contribution in [0.3, 0.4) is 0 Å². The minimum absolute atomic E-state index is 0.164.